The van der Waals surface area contributed by atoms with Crippen LogP contribution < -0.4 is 5.73 Å². The van der Waals surface area contributed by atoms with E-state index >= 15 is 0 Å². The van der Waals surface area contributed by atoms with E-state index in [1.54, 1.807) is 0 Å². The van der Waals surface area contributed by atoms with Crippen molar-refractivity contribution in [3.05, 3.63) is 0 Å². The Kier molecular flexibility index (Phi) is 10.9. The number of ether oxygens (including phenoxy) is 1. The molecule has 0 aliphatic rings. The number of carbonyl (C=O) groups excluding carboxylic acids is 1. The lowest BCUT2D eigenvalue weighted by atomic mass is 10.0. The first-order chi connectivity index (χ1) is 8.97. The van der Waals surface area contributed by atoms with Gasteiger partial charge in [-0.1, -0.05) is 20.3 Å². The van der Waals surface area contributed by atoms with Crippen LogP contribution in [0.15, 0.2) is 0 Å². The lowest BCUT2D eigenvalue weighted by Crippen LogP contribution is -2.32. The van der Waals surface area contributed by atoms with Crippen LogP contribution in [0.4, 0.5) is 0 Å². The van der Waals surface area contributed by atoms with Gasteiger partial charge >= 0.3 is 5.97 Å². The van der Waals surface area contributed by atoms with Crippen molar-refractivity contribution in [2.45, 2.75) is 58.9 Å². The molecule has 19 heavy (non-hydrogen) atoms. The summed E-state index contributed by atoms with van der Waals surface area (Å²) in [6.07, 6.45) is 4.75. The first-order valence-electron chi connectivity index (χ1n) is 7.57. The largest absolute Gasteiger partial charge is 0.466 e. The summed E-state index contributed by atoms with van der Waals surface area (Å²) in [5.41, 5.74) is 6.02. The lowest BCUT2D eigenvalue weighted by Gasteiger charge is -2.21. The molecule has 0 aromatic carbocycles. The van der Waals surface area contributed by atoms with E-state index in [4.69, 9.17) is 10.5 Å². The molecule has 4 nitrogen and oxygen atoms in total. The van der Waals surface area contributed by atoms with Crippen molar-refractivity contribution >= 4 is 5.97 Å². The quantitative estimate of drug-likeness (QED) is 0.463. The van der Waals surface area contributed by atoms with E-state index < -0.39 is 0 Å². The van der Waals surface area contributed by atoms with Crippen LogP contribution >= 0.6 is 0 Å². The molecule has 0 saturated carbocycles. The van der Waals surface area contributed by atoms with Crippen LogP contribution in [0.1, 0.15) is 52.9 Å². The Hall–Kier alpha value is -0.610. The second-order valence-corrected chi connectivity index (χ2v) is 5.62. The third-order valence-electron chi connectivity index (χ3n) is 3.43. The van der Waals surface area contributed by atoms with Gasteiger partial charge in [0.25, 0.3) is 0 Å². The molecule has 0 aliphatic carbocycles. The van der Waals surface area contributed by atoms with E-state index in [-0.39, 0.29) is 5.97 Å². The smallest absolute Gasteiger partial charge is 0.305 e. The molecule has 0 amide bonds. The summed E-state index contributed by atoms with van der Waals surface area (Å²) in [5, 5.41) is 0. The first-order valence-corrected chi connectivity index (χ1v) is 7.57. The molecule has 0 bridgehead atoms. The predicted octanol–water partition coefficient (Wildman–Crippen LogP) is 2.42. The van der Waals surface area contributed by atoms with Crippen molar-refractivity contribution in [3.63, 3.8) is 0 Å². The molecular weight excluding hydrogens is 240 g/mol. The summed E-state index contributed by atoms with van der Waals surface area (Å²) >= 11 is 0. The summed E-state index contributed by atoms with van der Waals surface area (Å²) in [6.45, 7) is 8.79. The molecule has 1 unspecified atom stereocenters. The average molecular weight is 272 g/mol. The van der Waals surface area contributed by atoms with Crippen molar-refractivity contribution in [2.75, 3.05) is 26.7 Å². The van der Waals surface area contributed by atoms with E-state index in [9.17, 15) is 4.79 Å². The molecule has 4 heteroatoms. The van der Waals surface area contributed by atoms with Crippen LogP contribution in [0.3, 0.4) is 0 Å². The normalized spacial score (nSPS) is 13.0. The van der Waals surface area contributed by atoms with Gasteiger partial charge in [-0.2, -0.15) is 0 Å². The number of nitrogens with two attached hydrogens (primary N) is 1. The molecule has 0 saturated heterocycles. The highest BCUT2D eigenvalue weighted by Gasteiger charge is 2.08. The molecule has 0 aromatic rings. The number of unbranched alkanes of at least 4 members (excludes halogenated alkanes) is 2. The minimum atomic E-state index is -0.0706. The van der Waals surface area contributed by atoms with Gasteiger partial charge in [0.05, 0.1) is 6.61 Å². The van der Waals surface area contributed by atoms with E-state index in [1.165, 1.54) is 0 Å². The van der Waals surface area contributed by atoms with Crippen molar-refractivity contribution in [1.29, 1.82) is 0 Å². The van der Waals surface area contributed by atoms with Gasteiger partial charge in [-0.3, -0.25) is 4.79 Å². The van der Waals surface area contributed by atoms with E-state index in [0.29, 0.717) is 25.0 Å². The fourth-order valence-corrected chi connectivity index (χ4v) is 1.88. The molecule has 0 fully saturated rings. The van der Waals surface area contributed by atoms with Crippen molar-refractivity contribution in [2.24, 2.45) is 11.7 Å². The number of nitrogens with zero attached hydrogens (tertiary/aromatic N) is 1. The Labute approximate surface area is 118 Å². The highest BCUT2D eigenvalue weighted by molar-refractivity contribution is 5.69. The second kappa shape index (κ2) is 11.2. The standard InChI is InChI=1S/C15H32N2O2/c1-5-19-15(18)9-7-6-8-11-17(4)12-10-14(16)13(2)3/h13-14H,5-12,16H2,1-4H3. The Morgan fingerprint density at radius 3 is 2.47 bits per heavy atom. The topological polar surface area (TPSA) is 55.6 Å². The molecule has 0 radical (unpaired) electrons. The van der Waals surface area contributed by atoms with Crippen LogP contribution in [-0.4, -0.2) is 43.7 Å². The molecular formula is C15H32N2O2. The maximum atomic E-state index is 11.1. The minimum absolute atomic E-state index is 0.0706. The molecule has 2 N–H and O–H groups in total. The molecule has 0 aromatic heterocycles. The van der Waals surface area contributed by atoms with Gasteiger partial charge in [0.1, 0.15) is 0 Å². The zero-order valence-electron chi connectivity index (χ0n) is 13.2. The zero-order valence-corrected chi connectivity index (χ0v) is 13.2. The van der Waals surface area contributed by atoms with Crippen LogP contribution in [0.25, 0.3) is 0 Å². The van der Waals surface area contributed by atoms with Gasteiger partial charge in [-0.05, 0) is 52.2 Å². The van der Waals surface area contributed by atoms with Gasteiger partial charge in [0, 0.05) is 12.5 Å². The number of esters is 1. The van der Waals surface area contributed by atoms with Crippen LogP contribution in [0.2, 0.25) is 0 Å². The lowest BCUT2D eigenvalue weighted by molar-refractivity contribution is -0.143. The number of rotatable bonds is 11. The molecule has 0 rings (SSSR count). The number of carbonyl (C=O) groups is 1. The highest BCUT2D eigenvalue weighted by atomic mass is 16.5. The molecule has 1 atom stereocenters. The average Bonchev–Trinajstić information content (AvgIpc) is 2.35. The van der Waals surface area contributed by atoms with Gasteiger partial charge in [0.2, 0.25) is 0 Å². The summed E-state index contributed by atoms with van der Waals surface area (Å²) in [4.78, 5) is 13.5. The number of hydrogen-bond donors (Lipinski definition) is 1. The molecule has 0 heterocycles. The Bertz CT molecular complexity index is 232. The maximum Gasteiger partial charge on any atom is 0.305 e. The zero-order chi connectivity index (χ0) is 14.7. The van der Waals surface area contributed by atoms with Crippen LogP contribution in [0, 0.1) is 5.92 Å². The Balaban J connectivity index is 3.43. The fraction of sp³-hybridized carbons (Fsp3) is 0.933. The van der Waals surface area contributed by atoms with Crippen LogP contribution in [-0.2, 0) is 9.53 Å². The van der Waals surface area contributed by atoms with Gasteiger partial charge in [0.15, 0.2) is 0 Å². The maximum absolute atomic E-state index is 11.1. The summed E-state index contributed by atoms with van der Waals surface area (Å²) in [6, 6.07) is 0.297. The van der Waals surface area contributed by atoms with Crippen molar-refractivity contribution in [3.8, 4) is 0 Å². The summed E-state index contributed by atoms with van der Waals surface area (Å²) in [5.74, 6) is 0.483. The minimum Gasteiger partial charge on any atom is -0.466 e. The highest BCUT2D eigenvalue weighted by Crippen LogP contribution is 2.06. The monoisotopic (exact) mass is 272 g/mol. The summed E-state index contributed by atoms with van der Waals surface area (Å²) in [7, 11) is 2.14. The second-order valence-electron chi connectivity index (χ2n) is 5.62. The summed E-state index contributed by atoms with van der Waals surface area (Å²) < 4.78 is 4.89. The molecule has 0 aliphatic heterocycles. The third kappa shape index (κ3) is 11.0. The van der Waals surface area contributed by atoms with E-state index in [2.05, 4.69) is 25.8 Å². The van der Waals surface area contributed by atoms with E-state index in [1.807, 2.05) is 6.92 Å². The molecule has 0 spiro atoms. The number of hydrogen-bond acceptors (Lipinski definition) is 4. The van der Waals surface area contributed by atoms with Gasteiger partial charge in [-0.25, -0.2) is 0 Å². The predicted molar refractivity (Wildman–Crippen MR) is 80.0 cm³/mol. The third-order valence-corrected chi connectivity index (χ3v) is 3.43. The first kappa shape index (κ1) is 18.4. The van der Waals surface area contributed by atoms with Gasteiger partial charge in [-0.15, -0.1) is 0 Å². The Morgan fingerprint density at radius 2 is 1.89 bits per heavy atom. The fourth-order valence-electron chi connectivity index (χ4n) is 1.88. The molecule has 114 valence electrons. The Morgan fingerprint density at radius 1 is 1.21 bits per heavy atom. The van der Waals surface area contributed by atoms with Crippen molar-refractivity contribution < 1.29 is 9.53 Å². The van der Waals surface area contributed by atoms with Gasteiger partial charge < -0.3 is 15.4 Å². The van der Waals surface area contributed by atoms with E-state index in [0.717, 1.165) is 38.8 Å². The SMILES string of the molecule is CCOC(=O)CCCCCN(C)CCC(N)C(C)C. The van der Waals surface area contributed by atoms with Crippen molar-refractivity contribution in [1.82, 2.24) is 4.90 Å². The van der Waals surface area contributed by atoms with Crippen LogP contribution in [0.5, 0.6) is 0 Å².